The second-order valence-corrected chi connectivity index (χ2v) is 9.01. The lowest BCUT2D eigenvalue weighted by Gasteiger charge is -2.22. The third kappa shape index (κ3) is 5.88. The van der Waals surface area contributed by atoms with Crippen LogP contribution < -0.4 is 15.8 Å². The third-order valence-electron chi connectivity index (χ3n) is 4.99. The van der Waals surface area contributed by atoms with Crippen molar-refractivity contribution in [3.63, 3.8) is 0 Å². The Morgan fingerprint density at radius 1 is 1.10 bits per heavy atom. The van der Waals surface area contributed by atoms with Gasteiger partial charge in [-0.3, -0.25) is 14.5 Å². The first-order valence-electron chi connectivity index (χ1n) is 9.82. The second-order valence-electron chi connectivity index (χ2n) is 7.24. The van der Waals surface area contributed by atoms with E-state index in [2.05, 4.69) is 10.0 Å². The number of anilines is 1. The summed E-state index contributed by atoms with van der Waals surface area (Å²) in [5.74, 6) is -0.603. The highest BCUT2D eigenvalue weighted by molar-refractivity contribution is 7.89. The van der Waals surface area contributed by atoms with Gasteiger partial charge in [0.25, 0.3) is 0 Å². The minimum atomic E-state index is -3.63. The summed E-state index contributed by atoms with van der Waals surface area (Å²) in [5, 5.41) is 2.78. The number of nitrogens with zero attached hydrogens (tertiary/aromatic N) is 1. The van der Waals surface area contributed by atoms with Crippen LogP contribution >= 0.6 is 0 Å². The van der Waals surface area contributed by atoms with Crippen LogP contribution in [0.1, 0.15) is 24.8 Å². The van der Waals surface area contributed by atoms with Gasteiger partial charge in [0.05, 0.1) is 10.9 Å². The van der Waals surface area contributed by atoms with E-state index in [-0.39, 0.29) is 35.7 Å². The van der Waals surface area contributed by atoms with E-state index in [1.165, 1.54) is 12.1 Å². The summed E-state index contributed by atoms with van der Waals surface area (Å²) in [6.45, 7) is 1.39. The van der Waals surface area contributed by atoms with Gasteiger partial charge >= 0.3 is 0 Å². The molecule has 4 N–H and O–H groups in total. The fourth-order valence-corrected chi connectivity index (χ4v) is 4.58. The van der Waals surface area contributed by atoms with E-state index >= 15 is 0 Å². The van der Waals surface area contributed by atoms with E-state index in [1.807, 2.05) is 23.1 Å². The quantitative estimate of drug-likeness (QED) is 0.556. The molecule has 1 aliphatic rings. The van der Waals surface area contributed by atoms with Crippen molar-refractivity contribution < 1.29 is 18.0 Å². The number of amides is 2. The summed E-state index contributed by atoms with van der Waals surface area (Å²) < 4.78 is 26.8. The van der Waals surface area contributed by atoms with Crippen molar-refractivity contribution in [3.05, 3.63) is 60.2 Å². The number of carbonyl (C=O) groups excluding carboxylic acids is 2. The summed E-state index contributed by atoms with van der Waals surface area (Å²) in [5.41, 5.74) is 7.05. The zero-order valence-electron chi connectivity index (χ0n) is 16.6. The van der Waals surface area contributed by atoms with Crippen LogP contribution in [0.3, 0.4) is 0 Å². The first kappa shape index (κ1) is 21.9. The molecule has 1 unspecified atom stereocenters. The Labute approximate surface area is 176 Å². The Kier molecular flexibility index (Phi) is 7.20. The average Bonchev–Trinajstić information content (AvgIpc) is 3.17. The molecule has 2 amide bonds. The molecule has 2 aromatic carbocycles. The number of likely N-dealkylation sites (tertiary alicyclic amines) is 1. The Morgan fingerprint density at radius 2 is 1.87 bits per heavy atom. The molecule has 30 heavy (non-hydrogen) atoms. The molecule has 1 aliphatic heterocycles. The molecule has 1 heterocycles. The largest absolute Gasteiger partial charge is 0.368 e. The summed E-state index contributed by atoms with van der Waals surface area (Å²) in [6, 6.07) is 15.1. The van der Waals surface area contributed by atoms with Crippen molar-refractivity contribution in [1.82, 2.24) is 9.62 Å². The van der Waals surface area contributed by atoms with Crippen LogP contribution in [-0.4, -0.2) is 44.3 Å². The Bertz CT molecular complexity index is 995. The van der Waals surface area contributed by atoms with Crippen molar-refractivity contribution >= 4 is 27.5 Å². The molecule has 2 aromatic rings. The number of nitrogens with one attached hydrogen (secondary N) is 2. The number of hydrogen-bond donors (Lipinski definition) is 3. The van der Waals surface area contributed by atoms with Gasteiger partial charge in [0.1, 0.15) is 0 Å². The average molecular weight is 431 g/mol. The lowest BCUT2D eigenvalue weighted by atomic mass is 10.1. The number of carbonyl (C=O) groups is 2. The van der Waals surface area contributed by atoms with Gasteiger partial charge in [0.2, 0.25) is 21.8 Å². The molecule has 1 fully saturated rings. The molecule has 0 radical (unpaired) electrons. The van der Waals surface area contributed by atoms with Crippen molar-refractivity contribution in [3.8, 4) is 0 Å². The van der Waals surface area contributed by atoms with Gasteiger partial charge in [-0.05, 0) is 49.2 Å². The molecule has 8 nitrogen and oxygen atoms in total. The van der Waals surface area contributed by atoms with E-state index in [4.69, 9.17) is 5.73 Å². The lowest BCUT2D eigenvalue weighted by Crippen LogP contribution is -2.39. The van der Waals surface area contributed by atoms with Gasteiger partial charge in [0.15, 0.2) is 0 Å². The van der Waals surface area contributed by atoms with Crippen molar-refractivity contribution in [2.75, 3.05) is 18.4 Å². The third-order valence-corrected chi connectivity index (χ3v) is 6.46. The standard InChI is InChI=1S/C21H26N4O4S/c22-21(27)19-10-5-13-25(19)15-16-6-4-7-17(14-16)24-20(26)11-12-23-30(28,29)18-8-2-1-3-9-18/h1-4,6-9,14,19,23H,5,10-13,15H2,(H2,22,27)(H,24,26). The zero-order valence-corrected chi connectivity index (χ0v) is 17.4. The molecule has 9 heteroatoms. The van der Waals surface area contributed by atoms with Crippen LogP contribution in [0.4, 0.5) is 5.69 Å². The van der Waals surface area contributed by atoms with E-state index < -0.39 is 10.0 Å². The van der Waals surface area contributed by atoms with E-state index in [0.29, 0.717) is 12.2 Å². The van der Waals surface area contributed by atoms with Gasteiger partial charge < -0.3 is 11.1 Å². The number of hydrogen-bond acceptors (Lipinski definition) is 5. The van der Waals surface area contributed by atoms with E-state index in [1.54, 1.807) is 24.3 Å². The van der Waals surface area contributed by atoms with Gasteiger partial charge in [-0.2, -0.15) is 0 Å². The Morgan fingerprint density at radius 3 is 2.60 bits per heavy atom. The fourth-order valence-electron chi connectivity index (χ4n) is 3.52. The molecule has 3 rings (SSSR count). The number of rotatable bonds is 9. The molecule has 160 valence electrons. The monoisotopic (exact) mass is 430 g/mol. The van der Waals surface area contributed by atoms with Crippen LogP contribution in [-0.2, 0) is 26.2 Å². The van der Waals surface area contributed by atoms with Crippen LogP contribution in [0, 0.1) is 0 Å². The number of benzene rings is 2. The number of sulfonamides is 1. The number of nitrogens with two attached hydrogens (primary N) is 1. The summed E-state index contributed by atoms with van der Waals surface area (Å²) >= 11 is 0. The predicted octanol–water partition coefficient (Wildman–Crippen LogP) is 1.44. The fraction of sp³-hybridized carbons (Fsp3) is 0.333. The molecule has 0 aliphatic carbocycles. The molecule has 0 aromatic heterocycles. The molecule has 1 saturated heterocycles. The normalized spacial score (nSPS) is 17.0. The van der Waals surface area contributed by atoms with Crippen molar-refractivity contribution in [1.29, 1.82) is 0 Å². The first-order chi connectivity index (χ1) is 14.3. The van der Waals surface area contributed by atoms with Crippen LogP contribution in [0.25, 0.3) is 0 Å². The molecular formula is C21H26N4O4S. The van der Waals surface area contributed by atoms with Gasteiger partial charge in [0, 0.05) is 25.2 Å². The van der Waals surface area contributed by atoms with Crippen LogP contribution in [0.15, 0.2) is 59.5 Å². The van der Waals surface area contributed by atoms with Crippen molar-refractivity contribution in [2.24, 2.45) is 5.73 Å². The van der Waals surface area contributed by atoms with Crippen LogP contribution in [0.5, 0.6) is 0 Å². The maximum atomic E-state index is 12.2. The van der Waals surface area contributed by atoms with E-state index in [0.717, 1.165) is 24.9 Å². The predicted molar refractivity (Wildman–Crippen MR) is 114 cm³/mol. The molecule has 0 spiro atoms. The zero-order chi connectivity index (χ0) is 21.6. The topological polar surface area (TPSA) is 122 Å². The van der Waals surface area contributed by atoms with Crippen molar-refractivity contribution in [2.45, 2.75) is 36.7 Å². The summed E-state index contributed by atoms with van der Waals surface area (Å²) in [4.78, 5) is 26.0. The molecule has 1 atom stereocenters. The molecule has 0 saturated carbocycles. The molecular weight excluding hydrogens is 404 g/mol. The number of primary amides is 1. The smallest absolute Gasteiger partial charge is 0.240 e. The second kappa shape index (κ2) is 9.84. The maximum Gasteiger partial charge on any atom is 0.240 e. The van der Waals surface area contributed by atoms with Gasteiger partial charge in [-0.1, -0.05) is 30.3 Å². The highest BCUT2D eigenvalue weighted by atomic mass is 32.2. The highest BCUT2D eigenvalue weighted by Crippen LogP contribution is 2.21. The maximum absolute atomic E-state index is 12.2. The van der Waals surface area contributed by atoms with Gasteiger partial charge in [-0.15, -0.1) is 0 Å². The first-order valence-corrected chi connectivity index (χ1v) is 11.3. The summed E-state index contributed by atoms with van der Waals surface area (Å²) in [7, 11) is -3.63. The highest BCUT2D eigenvalue weighted by Gasteiger charge is 2.28. The Hall–Kier alpha value is -2.75. The van der Waals surface area contributed by atoms with E-state index in [9.17, 15) is 18.0 Å². The lowest BCUT2D eigenvalue weighted by molar-refractivity contribution is -0.122. The minimum absolute atomic E-state index is 0.00315. The molecule has 0 bridgehead atoms. The van der Waals surface area contributed by atoms with Gasteiger partial charge in [-0.25, -0.2) is 13.1 Å². The Balaban J connectivity index is 1.51. The SMILES string of the molecule is NC(=O)C1CCCN1Cc1cccc(NC(=O)CCNS(=O)(=O)c2ccccc2)c1. The minimum Gasteiger partial charge on any atom is -0.368 e. The van der Waals surface area contributed by atoms with Crippen LogP contribution in [0.2, 0.25) is 0 Å². The summed E-state index contributed by atoms with van der Waals surface area (Å²) in [6.07, 6.45) is 1.71.